The number of carbonyl (C=O) groups is 1. The molecule has 0 bridgehead atoms. The molecular weight excluding hydrogens is 318 g/mol. The van der Waals surface area contributed by atoms with Crippen molar-refractivity contribution in [2.75, 3.05) is 5.32 Å². The van der Waals surface area contributed by atoms with Gasteiger partial charge in [-0.2, -0.15) is 5.10 Å². The number of anilines is 1. The van der Waals surface area contributed by atoms with Crippen molar-refractivity contribution >= 4 is 17.3 Å². The second-order valence-corrected chi connectivity index (χ2v) is 5.62. The minimum atomic E-state index is -0.270. The van der Waals surface area contributed by atoms with Crippen LogP contribution in [0.15, 0.2) is 66.1 Å². The smallest absolute Gasteiger partial charge is 0.273 e. The van der Waals surface area contributed by atoms with Gasteiger partial charge in [0.25, 0.3) is 5.91 Å². The molecule has 0 radical (unpaired) electrons. The van der Waals surface area contributed by atoms with Crippen LogP contribution in [0.2, 0.25) is 0 Å². The van der Waals surface area contributed by atoms with Crippen LogP contribution in [0.1, 0.15) is 18.1 Å². The van der Waals surface area contributed by atoms with Gasteiger partial charge in [0.05, 0.1) is 0 Å². The van der Waals surface area contributed by atoms with Crippen LogP contribution < -0.4 is 5.32 Å². The summed E-state index contributed by atoms with van der Waals surface area (Å²) in [6.45, 7) is 0. The maximum atomic E-state index is 12.4. The van der Waals surface area contributed by atoms with E-state index in [0.717, 1.165) is 11.1 Å². The zero-order chi connectivity index (χ0) is 17.1. The summed E-state index contributed by atoms with van der Waals surface area (Å²) in [6, 6.07) is 17.1. The van der Waals surface area contributed by atoms with Gasteiger partial charge in [-0.15, -0.1) is 0 Å². The summed E-state index contributed by atoms with van der Waals surface area (Å²) in [7, 11) is 0. The Hall–Kier alpha value is -3.48. The maximum absolute atomic E-state index is 12.4. The number of nitrogens with one attached hydrogen (secondary N) is 2. The van der Waals surface area contributed by atoms with Crippen molar-refractivity contribution in [3.63, 3.8) is 0 Å². The number of aromatic nitrogens is 3. The molecule has 0 fully saturated rings. The summed E-state index contributed by atoms with van der Waals surface area (Å²) in [5.41, 5.74) is 2.87. The summed E-state index contributed by atoms with van der Waals surface area (Å²) in [6.07, 6.45) is 1.66. The van der Waals surface area contributed by atoms with Gasteiger partial charge in [-0.25, -0.2) is 4.98 Å². The first kappa shape index (κ1) is 15.1. The monoisotopic (exact) mass is 333 g/mol. The Morgan fingerprint density at radius 3 is 2.84 bits per heavy atom. The second kappa shape index (κ2) is 6.56. The topological polar surface area (TPSA) is 92.3 Å². The van der Waals surface area contributed by atoms with Crippen molar-refractivity contribution in [2.45, 2.75) is 12.5 Å². The molecule has 2 N–H and O–H groups in total. The summed E-state index contributed by atoms with van der Waals surface area (Å²) < 4.78 is 0. The largest absolute Gasteiger partial charge is 0.387 e. The van der Waals surface area contributed by atoms with Crippen LogP contribution in [-0.4, -0.2) is 26.8 Å². The molecule has 124 valence electrons. The van der Waals surface area contributed by atoms with Crippen LogP contribution in [0.5, 0.6) is 0 Å². The van der Waals surface area contributed by atoms with Gasteiger partial charge in [-0.05, 0) is 17.7 Å². The molecule has 4 rings (SSSR count). The highest BCUT2D eigenvalue weighted by molar-refractivity contribution is 6.43. The molecule has 1 aliphatic heterocycles. The number of amides is 1. The lowest BCUT2D eigenvalue weighted by atomic mass is 10.0. The third-order valence-electron chi connectivity index (χ3n) is 3.91. The number of nitrogens with zero attached hydrogens (tertiary/aromatic N) is 3. The number of aromatic amines is 1. The van der Waals surface area contributed by atoms with E-state index < -0.39 is 0 Å². The number of H-pyrrole nitrogens is 1. The van der Waals surface area contributed by atoms with Crippen molar-refractivity contribution in [1.82, 2.24) is 15.2 Å². The molecule has 0 saturated carbocycles. The Morgan fingerprint density at radius 1 is 1.16 bits per heavy atom. The molecule has 2 heterocycles. The van der Waals surface area contributed by atoms with Crippen LogP contribution in [-0.2, 0) is 9.63 Å². The SMILES string of the molecule is O=C(Nc1cccc(-c2ncn[nH]2)c1)C1=NO[C@H](c2ccccc2)C1. The summed E-state index contributed by atoms with van der Waals surface area (Å²) in [5, 5.41) is 13.4. The number of hydrogen-bond acceptors (Lipinski definition) is 5. The number of benzene rings is 2. The highest BCUT2D eigenvalue weighted by Gasteiger charge is 2.27. The Balaban J connectivity index is 1.44. The average Bonchev–Trinajstić information content (AvgIpc) is 3.35. The van der Waals surface area contributed by atoms with Gasteiger partial charge in [0, 0.05) is 17.7 Å². The number of hydrogen-bond donors (Lipinski definition) is 2. The van der Waals surface area contributed by atoms with E-state index >= 15 is 0 Å². The molecule has 0 unspecified atom stereocenters. The van der Waals surface area contributed by atoms with Crippen molar-refractivity contribution in [1.29, 1.82) is 0 Å². The first-order valence-electron chi connectivity index (χ1n) is 7.84. The van der Waals surface area contributed by atoms with E-state index in [1.165, 1.54) is 6.33 Å². The summed E-state index contributed by atoms with van der Waals surface area (Å²) >= 11 is 0. The first-order chi connectivity index (χ1) is 12.3. The Labute approximate surface area is 143 Å². The molecule has 1 aromatic heterocycles. The minimum absolute atomic E-state index is 0.220. The molecular formula is C18H15N5O2. The van der Waals surface area contributed by atoms with E-state index in [1.807, 2.05) is 54.6 Å². The third kappa shape index (κ3) is 3.25. The number of rotatable bonds is 4. The fourth-order valence-electron chi connectivity index (χ4n) is 2.65. The predicted octanol–water partition coefficient (Wildman–Crippen LogP) is 2.93. The fraction of sp³-hybridized carbons (Fsp3) is 0.111. The quantitative estimate of drug-likeness (QED) is 0.768. The van der Waals surface area contributed by atoms with Gasteiger partial charge >= 0.3 is 0 Å². The number of oxime groups is 1. The van der Waals surface area contributed by atoms with Gasteiger partial charge in [-0.3, -0.25) is 9.89 Å². The predicted molar refractivity (Wildman–Crippen MR) is 92.8 cm³/mol. The Bertz CT molecular complexity index is 906. The summed E-state index contributed by atoms with van der Waals surface area (Å²) in [4.78, 5) is 21.9. The van der Waals surface area contributed by atoms with E-state index in [-0.39, 0.29) is 12.0 Å². The minimum Gasteiger partial charge on any atom is -0.387 e. The highest BCUT2D eigenvalue weighted by Crippen LogP contribution is 2.27. The van der Waals surface area contributed by atoms with Crippen molar-refractivity contribution < 1.29 is 9.63 Å². The van der Waals surface area contributed by atoms with Gasteiger partial charge in [-0.1, -0.05) is 47.6 Å². The molecule has 3 aromatic rings. The van der Waals surface area contributed by atoms with Gasteiger partial charge < -0.3 is 10.2 Å². The Morgan fingerprint density at radius 2 is 2.04 bits per heavy atom. The lowest BCUT2D eigenvalue weighted by molar-refractivity contribution is -0.110. The van der Waals surface area contributed by atoms with Crippen LogP contribution in [0.4, 0.5) is 5.69 Å². The molecule has 7 heteroatoms. The van der Waals surface area contributed by atoms with E-state index in [0.29, 0.717) is 23.6 Å². The van der Waals surface area contributed by atoms with Gasteiger partial charge in [0.2, 0.25) is 0 Å². The molecule has 1 atom stereocenters. The summed E-state index contributed by atoms with van der Waals surface area (Å²) in [5.74, 6) is 0.370. The zero-order valence-electron chi connectivity index (χ0n) is 13.2. The van der Waals surface area contributed by atoms with Crippen LogP contribution in [0.25, 0.3) is 11.4 Å². The zero-order valence-corrected chi connectivity index (χ0v) is 13.2. The fourth-order valence-corrected chi connectivity index (χ4v) is 2.65. The van der Waals surface area contributed by atoms with Crippen molar-refractivity contribution in [3.8, 4) is 11.4 Å². The van der Waals surface area contributed by atoms with Crippen LogP contribution in [0.3, 0.4) is 0 Å². The second-order valence-electron chi connectivity index (χ2n) is 5.62. The molecule has 0 saturated heterocycles. The molecule has 1 amide bonds. The van der Waals surface area contributed by atoms with Crippen molar-refractivity contribution in [2.24, 2.45) is 5.16 Å². The lowest BCUT2D eigenvalue weighted by Gasteiger charge is -2.08. The maximum Gasteiger partial charge on any atom is 0.273 e. The molecule has 0 aliphatic carbocycles. The van der Waals surface area contributed by atoms with Crippen molar-refractivity contribution in [3.05, 3.63) is 66.5 Å². The van der Waals surface area contributed by atoms with E-state index in [4.69, 9.17) is 4.84 Å². The van der Waals surface area contributed by atoms with Crippen LogP contribution in [0, 0.1) is 0 Å². The molecule has 7 nitrogen and oxygen atoms in total. The van der Waals surface area contributed by atoms with E-state index in [9.17, 15) is 4.79 Å². The third-order valence-corrected chi connectivity index (χ3v) is 3.91. The molecule has 1 aliphatic rings. The molecule has 0 spiro atoms. The Kier molecular flexibility index (Phi) is 3.96. The van der Waals surface area contributed by atoms with Gasteiger partial charge in [0.15, 0.2) is 11.9 Å². The highest BCUT2D eigenvalue weighted by atomic mass is 16.6. The average molecular weight is 333 g/mol. The van der Waals surface area contributed by atoms with Gasteiger partial charge in [0.1, 0.15) is 12.0 Å². The first-order valence-corrected chi connectivity index (χ1v) is 7.84. The molecule has 25 heavy (non-hydrogen) atoms. The van der Waals surface area contributed by atoms with E-state index in [1.54, 1.807) is 0 Å². The lowest BCUT2D eigenvalue weighted by Crippen LogP contribution is -2.21. The standard InChI is InChI=1S/C18H15N5O2/c24-18(15-10-16(25-23-15)12-5-2-1-3-6-12)21-14-8-4-7-13(9-14)17-19-11-20-22-17/h1-9,11,16H,10H2,(H,21,24)(H,19,20,22)/t16-/m0/s1. The number of carbonyl (C=O) groups excluding carboxylic acids is 1. The normalized spacial score (nSPS) is 16.2. The van der Waals surface area contributed by atoms with Crippen LogP contribution >= 0.6 is 0 Å². The molecule has 2 aromatic carbocycles. The van der Waals surface area contributed by atoms with E-state index in [2.05, 4.69) is 25.7 Å².